The molecule has 0 spiro atoms. The monoisotopic (exact) mass is 370 g/mol. The van der Waals surface area contributed by atoms with Crippen molar-refractivity contribution in [3.05, 3.63) is 33.4 Å². The summed E-state index contributed by atoms with van der Waals surface area (Å²) in [6, 6.07) is 9.59. The molecule has 1 saturated carbocycles. The third-order valence-electron chi connectivity index (χ3n) is 4.73. The summed E-state index contributed by atoms with van der Waals surface area (Å²) in [6.45, 7) is 8.15. The van der Waals surface area contributed by atoms with Crippen molar-refractivity contribution < 1.29 is 0 Å². The van der Waals surface area contributed by atoms with Crippen LogP contribution in [0.5, 0.6) is 0 Å². The highest BCUT2D eigenvalue weighted by atomic mass is 127. The zero-order valence-electron chi connectivity index (χ0n) is 11.8. The molecule has 0 bridgehead atoms. The fourth-order valence-electron chi connectivity index (χ4n) is 3.17. The minimum Gasteiger partial charge on any atom is -0.308 e. The van der Waals surface area contributed by atoms with E-state index in [1.807, 2.05) is 0 Å². The number of piperazine rings is 1. The molecule has 2 aliphatic rings. The lowest BCUT2D eigenvalue weighted by molar-refractivity contribution is 0.0770. The number of halogens is 1. The Morgan fingerprint density at radius 1 is 1.32 bits per heavy atom. The van der Waals surface area contributed by atoms with Gasteiger partial charge in [-0.3, -0.25) is 4.90 Å². The van der Waals surface area contributed by atoms with Gasteiger partial charge < -0.3 is 5.32 Å². The molecule has 0 radical (unpaired) electrons. The molecule has 1 aromatic rings. The van der Waals surface area contributed by atoms with Gasteiger partial charge in [-0.2, -0.15) is 0 Å². The summed E-state index contributed by atoms with van der Waals surface area (Å²) in [4.78, 5) is 2.65. The van der Waals surface area contributed by atoms with Crippen molar-refractivity contribution in [2.45, 2.75) is 44.8 Å². The average Bonchev–Trinajstić information content (AvgIpc) is 3.21. The Balaban J connectivity index is 1.69. The van der Waals surface area contributed by atoms with E-state index in [0.717, 1.165) is 19.0 Å². The lowest BCUT2D eigenvalue weighted by atomic mass is 9.91. The highest BCUT2D eigenvalue weighted by Gasteiger charge is 2.45. The van der Waals surface area contributed by atoms with Gasteiger partial charge in [-0.25, -0.2) is 0 Å². The van der Waals surface area contributed by atoms with Crippen LogP contribution in [0.15, 0.2) is 24.3 Å². The van der Waals surface area contributed by atoms with Crippen LogP contribution in [-0.4, -0.2) is 29.6 Å². The summed E-state index contributed by atoms with van der Waals surface area (Å²) < 4.78 is 1.32. The van der Waals surface area contributed by atoms with Crippen molar-refractivity contribution in [1.82, 2.24) is 10.2 Å². The average molecular weight is 370 g/mol. The van der Waals surface area contributed by atoms with Crippen LogP contribution in [0.4, 0.5) is 0 Å². The first-order valence-electron chi connectivity index (χ1n) is 7.30. The molecular weight excluding hydrogens is 347 g/mol. The molecule has 1 aromatic carbocycles. The topological polar surface area (TPSA) is 15.3 Å². The van der Waals surface area contributed by atoms with Gasteiger partial charge in [-0.05, 0) is 72.9 Å². The standard InChI is InChI=1S/C16H23IN2/c1-12-9-18-16(2,14-5-6-14)11-19(12)10-13-3-7-15(17)8-4-13/h3-4,7-8,12,14,18H,5-6,9-11H2,1-2H3. The molecule has 3 heteroatoms. The van der Waals surface area contributed by atoms with E-state index in [0.29, 0.717) is 11.6 Å². The van der Waals surface area contributed by atoms with Gasteiger partial charge in [0.2, 0.25) is 0 Å². The van der Waals surface area contributed by atoms with Gasteiger partial charge in [0.15, 0.2) is 0 Å². The highest BCUT2D eigenvalue weighted by Crippen LogP contribution is 2.41. The zero-order chi connectivity index (χ0) is 13.5. The smallest absolute Gasteiger partial charge is 0.0309 e. The molecule has 19 heavy (non-hydrogen) atoms. The quantitative estimate of drug-likeness (QED) is 0.822. The number of nitrogens with one attached hydrogen (secondary N) is 1. The zero-order valence-corrected chi connectivity index (χ0v) is 14.0. The number of hydrogen-bond acceptors (Lipinski definition) is 2. The Bertz CT molecular complexity index is 441. The molecular formula is C16H23IN2. The first-order chi connectivity index (χ1) is 9.07. The van der Waals surface area contributed by atoms with Crippen molar-refractivity contribution in [3.63, 3.8) is 0 Å². The van der Waals surface area contributed by atoms with Gasteiger partial charge in [0.25, 0.3) is 0 Å². The molecule has 0 amide bonds. The lowest BCUT2D eigenvalue weighted by Gasteiger charge is -2.45. The van der Waals surface area contributed by atoms with Crippen LogP contribution in [0.3, 0.4) is 0 Å². The molecule has 1 heterocycles. The van der Waals surface area contributed by atoms with E-state index < -0.39 is 0 Å². The Hall–Kier alpha value is -0.130. The van der Waals surface area contributed by atoms with E-state index in [-0.39, 0.29) is 0 Å². The molecule has 3 rings (SSSR count). The maximum Gasteiger partial charge on any atom is 0.0309 e. The van der Waals surface area contributed by atoms with Crippen molar-refractivity contribution in [1.29, 1.82) is 0 Å². The molecule has 0 aromatic heterocycles. The lowest BCUT2D eigenvalue weighted by Crippen LogP contribution is -2.62. The molecule has 2 fully saturated rings. The highest BCUT2D eigenvalue weighted by molar-refractivity contribution is 14.1. The van der Waals surface area contributed by atoms with E-state index in [1.165, 1.54) is 28.5 Å². The number of benzene rings is 1. The molecule has 104 valence electrons. The SMILES string of the molecule is CC1CNC(C)(C2CC2)CN1Cc1ccc(I)cc1. The van der Waals surface area contributed by atoms with Crippen LogP contribution < -0.4 is 5.32 Å². The fourth-order valence-corrected chi connectivity index (χ4v) is 3.53. The molecule has 1 N–H and O–H groups in total. The number of rotatable bonds is 3. The molecule has 1 aliphatic heterocycles. The summed E-state index contributed by atoms with van der Waals surface area (Å²) in [6.07, 6.45) is 2.82. The summed E-state index contributed by atoms with van der Waals surface area (Å²) in [7, 11) is 0. The van der Waals surface area contributed by atoms with Crippen LogP contribution in [0.25, 0.3) is 0 Å². The van der Waals surface area contributed by atoms with Crippen molar-refractivity contribution in [2.75, 3.05) is 13.1 Å². The summed E-state index contributed by atoms with van der Waals surface area (Å²) in [5, 5.41) is 3.79. The molecule has 1 saturated heterocycles. The Morgan fingerprint density at radius 3 is 2.63 bits per heavy atom. The van der Waals surface area contributed by atoms with Crippen molar-refractivity contribution in [3.8, 4) is 0 Å². The van der Waals surface area contributed by atoms with E-state index in [2.05, 4.69) is 70.9 Å². The number of nitrogens with zero attached hydrogens (tertiary/aromatic N) is 1. The summed E-state index contributed by atoms with van der Waals surface area (Å²) in [5.41, 5.74) is 1.78. The Morgan fingerprint density at radius 2 is 2.00 bits per heavy atom. The van der Waals surface area contributed by atoms with Crippen molar-refractivity contribution >= 4 is 22.6 Å². The van der Waals surface area contributed by atoms with Gasteiger partial charge in [-0.1, -0.05) is 12.1 Å². The molecule has 2 nitrogen and oxygen atoms in total. The van der Waals surface area contributed by atoms with Crippen LogP contribution in [0.2, 0.25) is 0 Å². The maximum atomic E-state index is 3.79. The predicted octanol–water partition coefficient (Wildman–Crippen LogP) is 3.25. The van der Waals surface area contributed by atoms with Crippen LogP contribution in [-0.2, 0) is 6.54 Å². The van der Waals surface area contributed by atoms with Crippen LogP contribution in [0, 0.1) is 9.49 Å². The molecule has 2 unspecified atom stereocenters. The van der Waals surface area contributed by atoms with Gasteiger partial charge >= 0.3 is 0 Å². The summed E-state index contributed by atoms with van der Waals surface area (Å²) >= 11 is 2.37. The molecule has 1 aliphatic carbocycles. The third kappa shape index (κ3) is 3.14. The number of hydrogen-bond donors (Lipinski definition) is 1. The van der Waals surface area contributed by atoms with E-state index in [9.17, 15) is 0 Å². The second-order valence-corrected chi connectivity index (χ2v) is 7.70. The first-order valence-corrected chi connectivity index (χ1v) is 8.38. The second kappa shape index (κ2) is 5.34. The Labute approximate surface area is 130 Å². The van der Waals surface area contributed by atoms with Gasteiger partial charge in [0, 0.05) is 34.8 Å². The third-order valence-corrected chi connectivity index (χ3v) is 5.45. The van der Waals surface area contributed by atoms with Gasteiger partial charge in [0.1, 0.15) is 0 Å². The second-order valence-electron chi connectivity index (χ2n) is 6.45. The first kappa shape index (κ1) is 13.8. The predicted molar refractivity (Wildman–Crippen MR) is 88.2 cm³/mol. The Kier molecular flexibility index (Phi) is 3.89. The van der Waals surface area contributed by atoms with E-state index in [4.69, 9.17) is 0 Å². The minimum atomic E-state index is 0.343. The van der Waals surface area contributed by atoms with Gasteiger partial charge in [-0.15, -0.1) is 0 Å². The minimum absolute atomic E-state index is 0.343. The normalized spacial score (nSPS) is 32.5. The summed E-state index contributed by atoms with van der Waals surface area (Å²) in [5.74, 6) is 0.902. The van der Waals surface area contributed by atoms with Crippen LogP contribution in [0.1, 0.15) is 32.3 Å². The van der Waals surface area contributed by atoms with E-state index >= 15 is 0 Å². The molecule has 2 atom stereocenters. The fraction of sp³-hybridized carbons (Fsp3) is 0.625. The maximum absolute atomic E-state index is 3.79. The van der Waals surface area contributed by atoms with Crippen molar-refractivity contribution in [2.24, 2.45) is 5.92 Å². The van der Waals surface area contributed by atoms with Gasteiger partial charge in [0.05, 0.1) is 0 Å². The van der Waals surface area contributed by atoms with E-state index in [1.54, 1.807) is 0 Å². The van der Waals surface area contributed by atoms with Crippen LogP contribution >= 0.6 is 22.6 Å². The largest absolute Gasteiger partial charge is 0.308 e.